The minimum absolute atomic E-state index is 0.341. The first kappa shape index (κ1) is 18.4. The third-order valence-electron chi connectivity index (χ3n) is 5.15. The van der Waals surface area contributed by atoms with Crippen molar-refractivity contribution >= 4 is 0 Å². The number of hydrogen-bond acceptors (Lipinski definition) is 5. The molecule has 3 rings (SSSR count). The third-order valence-corrected chi connectivity index (χ3v) is 5.15. The predicted molar refractivity (Wildman–Crippen MR) is 98.6 cm³/mol. The van der Waals surface area contributed by atoms with E-state index in [0.29, 0.717) is 25.3 Å². The number of methoxy groups -OCH3 is 1. The molecule has 0 bridgehead atoms. The lowest BCUT2D eigenvalue weighted by molar-refractivity contribution is -0.558. The number of piperidine rings is 1. The average molecular weight is 356 g/mol. The number of nitrogens with zero attached hydrogens (tertiary/aromatic N) is 2. The Bertz CT molecular complexity index is 746. The summed E-state index contributed by atoms with van der Waals surface area (Å²) in [5.41, 5.74) is 0.541. The monoisotopic (exact) mass is 356 g/mol. The standard InChI is InChI=1S/C20H24N2O4/c1-20(23)12-13-21(14-15-6-4-3-5-7-15)18(19(20)22(24)25)16-8-10-17(26-2)11-9-16/h3-11,18-19,23H,12-14H2,1-2H3/t18-,19-,20+/m1/s1. The molecule has 0 spiro atoms. The van der Waals surface area contributed by atoms with Crippen molar-refractivity contribution in [3.63, 3.8) is 0 Å². The van der Waals surface area contributed by atoms with Crippen LogP contribution in [0.4, 0.5) is 0 Å². The molecule has 6 heteroatoms. The summed E-state index contributed by atoms with van der Waals surface area (Å²) < 4.78 is 5.20. The topological polar surface area (TPSA) is 75.8 Å². The fraction of sp³-hybridized carbons (Fsp3) is 0.400. The van der Waals surface area contributed by atoms with Gasteiger partial charge < -0.3 is 9.84 Å². The molecule has 6 nitrogen and oxygen atoms in total. The zero-order valence-electron chi connectivity index (χ0n) is 15.0. The smallest absolute Gasteiger partial charge is 0.260 e. The number of benzene rings is 2. The van der Waals surface area contributed by atoms with Gasteiger partial charge in [0.15, 0.2) is 0 Å². The molecule has 1 aliphatic heterocycles. The maximum absolute atomic E-state index is 11.9. The zero-order chi connectivity index (χ0) is 18.7. The summed E-state index contributed by atoms with van der Waals surface area (Å²) in [4.78, 5) is 13.6. The summed E-state index contributed by atoms with van der Waals surface area (Å²) >= 11 is 0. The summed E-state index contributed by atoms with van der Waals surface area (Å²) in [6.07, 6.45) is 0.359. The van der Waals surface area contributed by atoms with Crippen LogP contribution >= 0.6 is 0 Å². The normalized spacial score (nSPS) is 26.4. The lowest BCUT2D eigenvalue weighted by Gasteiger charge is -2.44. The van der Waals surface area contributed by atoms with Gasteiger partial charge in [0, 0.05) is 18.0 Å². The molecule has 1 saturated heterocycles. The number of rotatable bonds is 5. The Morgan fingerprint density at radius 2 is 1.88 bits per heavy atom. The van der Waals surface area contributed by atoms with Gasteiger partial charge in [0.1, 0.15) is 17.4 Å². The maximum atomic E-state index is 11.9. The van der Waals surface area contributed by atoms with Gasteiger partial charge in [0.05, 0.1) is 7.11 Å². The third kappa shape index (κ3) is 3.71. The molecular formula is C20H24N2O4. The van der Waals surface area contributed by atoms with Crippen molar-refractivity contribution in [2.45, 2.75) is 37.6 Å². The van der Waals surface area contributed by atoms with Crippen molar-refractivity contribution in [2.75, 3.05) is 13.7 Å². The molecule has 0 unspecified atom stereocenters. The lowest BCUT2D eigenvalue weighted by Crippen LogP contribution is -2.58. The maximum Gasteiger partial charge on any atom is 0.260 e. The number of nitro groups is 1. The summed E-state index contributed by atoms with van der Waals surface area (Å²) in [5.74, 6) is 0.698. The first-order chi connectivity index (χ1) is 12.4. The summed E-state index contributed by atoms with van der Waals surface area (Å²) in [7, 11) is 1.59. The Balaban J connectivity index is 1.99. The largest absolute Gasteiger partial charge is 0.497 e. The van der Waals surface area contributed by atoms with Crippen LogP contribution < -0.4 is 4.74 Å². The highest BCUT2D eigenvalue weighted by molar-refractivity contribution is 5.31. The summed E-state index contributed by atoms with van der Waals surface area (Å²) in [6.45, 7) is 2.75. The highest BCUT2D eigenvalue weighted by atomic mass is 16.6. The second-order valence-electron chi connectivity index (χ2n) is 7.01. The Kier molecular flexibility index (Phi) is 5.25. The Morgan fingerprint density at radius 1 is 1.23 bits per heavy atom. The van der Waals surface area contributed by atoms with Crippen molar-refractivity contribution < 1.29 is 14.8 Å². The quantitative estimate of drug-likeness (QED) is 0.658. The van der Waals surface area contributed by atoms with Crippen LogP contribution in [-0.2, 0) is 6.54 Å². The number of aliphatic hydroxyl groups is 1. The van der Waals surface area contributed by atoms with Crippen LogP contribution in [0, 0.1) is 10.1 Å². The fourth-order valence-electron chi connectivity index (χ4n) is 3.73. The minimum atomic E-state index is -1.36. The molecule has 26 heavy (non-hydrogen) atoms. The molecule has 2 aromatic carbocycles. The van der Waals surface area contributed by atoms with Gasteiger partial charge in [-0.2, -0.15) is 0 Å². The van der Waals surface area contributed by atoms with Crippen molar-refractivity contribution in [3.05, 3.63) is 75.8 Å². The van der Waals surface area contributed by atoms with Crippen LogP contribution in [0.25, 0.3) is 0 Å². The first-order valence-electron chi connectivity index (χ1n) is 8.70. The SMILES string of the molecule is COc1ccc([C@@H]2[C@@H]([N+](=O)[O-])[C@@](C)(O)CCN2Cc2ccccc2)cc1. The molecule has 1 aliphatic rings. The lowest BCUT2D eigenvalue weighted by atomic mass is 9.80. The molecule has 2 aromatic rings. The Hall–Kier alpha value is -2.44. The van der Waals surface area contributed by atoms with Crippen LogP contribution in [0.3, 0.4) is 0 Å². The summed E-state index contributed by atoms with van der Waals surface area (Å²) in [6, 6.07) is 15.6. The molecule has 0 radical (unpaired) electrons. The number of ether oxygens (including phenoxy) is 1. The van der Waals surface area contributed by atoms with E-state index in [1.165, 1.54) is 0 Å². The molecule has 0 amide bonds. The van der Waals surface area contributed by atoms with Crippen LogP contribution in [0.2, 0.25) is 0 Å². The van der Waals surface area contributed by atoms with E-state index in [1.54, 1.807) is 26.2 Å². The molecule has 1 heterocycles. The highest BCUT2D eigenvalue weighted by Crippen LogP contribution is 2.39. The molecule has 0 aromatic heterocycles. The fourth-order valence-corrected chi connectivity index (χ4v) is 3.73. The Morgan fingerprint density at radius 3 is 2.46 bits per heavy atom. The van der Waals surface area contributed by atoms with E-state index in [4.69, 9.17) is 4.74 Å². The summed E-state index contributed by atoms with van der Waals surface area (Å²) in [5, 5.41) is 22.6. The van der Waals surface area contributed by atoms with Crippen molar-refractivity contribution in [2.24, 2.45) is 0 Å². The van der Waals surface area contributed by atoms with Gasteiger partial charge in [-0.15, -0.1) is 0 Å². The number of likely N-dealkylation sites (tertiary alicyclic amines) is 1. The molecule has 1 fully saturated rings. The highest BCUT2D eigenvalue weighted by Gasteiger charge is 2.53. The van der Waals surface area contributed by atoms with Crippen molar-refractivity contribution in [1.82, 2.24) is 4.90 Å². The van der Waals surface area contributed by atoms with E-state index in [2.05, 4.69) is 4.90 Å². The second-order valence-corrected chi connectivity index (χ2v) is 7.01. The van der Waals surface area contributed by atoms with Crippen molar-refractivity contribution in [1.29, 1.82) is 0 Å². The molecule has 1 N–H and O–H groups in total. The van der Waals surface area contributed by atoms with Gasteiger partial charge >= 0.3 is 0 Å². The van der Waals surface area contributed by atoms with Gasteiger partial charge in [-0.1, -0.05) is 42.5 Å². The van der Waals surface area contributed by atoms with Crippen LogP contribution in [0.5, 0.6) is 5.75 Å². The van der Waals surface area contributed by atoms with Gasteiger partial charge in [-0.05, 0) is 36.6 Å². The van der Waals surface area contributed by atoms with Crippen LogP contribution in [0.15, 0.2) is 54.6 Å². The molecule has 138 valence electrons. The first-order valence-corrected chi connectivity index (χ1v) is 8.70. The number of hydrogen-bond donors (Lipinski definition) is 1. The van der Waals surface area contributed by atoms with E-state index in [1.807, 2.05) is 42.5 Å². The van der Waals surface area contributed by atoms with Crippen LogP contribution in [-0.4, -0.2) is 40.2 Å². The molecule has 0 saturated carbocycles. The van der Waals surface area contributed by atoms with E-state index < -0.39 is 17.7 Å². The van der Waals surface area contributed by atoms with Crippen LogP contribution in [0.1, 0.15) is 30.5 Å². The predicted octanol–water partition coefficient (Wildman–Crippen LogP) is 3.04. The second kappa shape index (κ2) is 7.43. The molecule has 3 atom stereocenters. The van der Waals surface area contributed by atoms with E-state index in [0.717, 1.165) is 11.1 Å². The van der Waals surface area contributed by atoms with Gasteiger partial charge in [0.2, 0.25) is 0 Å². The van der Waals surface area contributed by atoms with Gasteiger partial charge in [-0.3, -0.25) is 15.0 Å². The van der Waals surface area contributed by atoms with Gasteiger partial charge in [0.25, 0.3) is 6.04 Å². The van der Waals surface area contributed by atoms with E-state index in [-0.39, 0.29) is 4.92 Å². The van der Waals surface area contributed by atoms with Crippen molar-refractivity contribution in [3.8, 4) is 5.75 Å². The van der Waals surface area contributed by atoms with E-state index in [9.17, 15) is 15.2 Å². The minimum Gasteiger partial charge on any atom is -0.497 e. The zero-order valence-corrected chi connectivity index (χ0v) is 15.0. The molecule has 0 aliphatic carbocycles. The van der Waals surface area contributed by atoms with E-state index >= 15 is 0 Å². The average Bonchev–Trinajstić information content (AvgIpc) is 2.63. The van der Waals surface area contributed by atoms with Gasteiger partial charge in [-0.25, -0.2) is 0 Å². The Labute approximate surface area is 153 Å². The molecular weight excluding hydrogens is 332 g/mol.